The summed E-state index contributed by atoms with van der Waals surface area (Å²) in [7, 11) is 0. The van der Waals surface area contributed by atoms with E-state index >= 15 is 0 Å². The Kier molecular flexibility index (Phi) is 5.30. The maximum Gasteiger partial charge on any atom is 0.317 e. The number of aliphatic carboxylic acids is 1. The molecule has 2 aliphatic rings. The smallest absolute Gasteiger partial charge is 0.317 e. The Morgan fingerprint density at radius 2 is 2.26 bits per heavy atom. The number of thioether (sulfide) groups is 1. The van der Waals surface area contributed by atoms with Gasteiger partial charge in [-0.3, -0.25) is 9.69 Å². The van der Waals surface area contributed by atoms with Crippen LogP contribution in [0, 0.1) is 0 Å². The molecule has 2 heterocycles. The number of ether oxygens (including phenoxy) is 1. The van der Waals surface area contributed by atoms with Crippen molar-refractivity contribution >= 4 is 17.7 Å². The summed E-state index contributed by atoms with van der Waals surface area (Å²) in [5, 5.41) is 9.03. The predicted octanol–water partition coefficient (Wildman–Crippen LogP) is 2.00. The van der Waals surface area contributed by atoms with Gasteiger partial charge in [-0.25, -0.2) is 0 Å². The van der Waals surface area contributed by atoms with Gasteiger partial charge in [0, 0.05) is 19.2 Å². The van der Waals surface area contributed by atoms with Crippen molar-refractivity contribution in [1.29, 1.82) is 0 Å². The van der Waals surface area contributed by atoms with E-state index in [-0.39, 0.29) is 12.1 Å². The SMILES string of the molecule is C=CCN(CC(=O)O)C1CCOC2(CCSCC2)C1. The Bertz CT molecular complexity index is 323. The van der Waals surface area contributed by atoms with E-state index in [1.165, 1.54) is 0 Å². The molecule has 0 aromatic carbocycles. The minimum absolute atomic E-state index is 0.00604. The lowest BCUT2D eigenvalue weighted by Crippen LogP contribution is -2.51. The van der Waals surface area contributed by atoms with Crippen LogP contribution in [0.25, 0.3) is 0 Å². The van der Waals surface area contributed by atoms with Crippen molar-refractivity contribution in [3.05, 3.63) is 12.7 Å². The Balaban J connectivity index is 2.00. The monoisotopic (exact) mass is 285 g/mol. The van der Waals surface area contributed by atoms with Crippen LogP contribution in [0.3, 0.4) is 0 Å². The molecule has 4 nitrogen and oxygen atoms in total. The second kappa shape index (κ2) is 6.77. The lowest BCUT2D eigenvalue weighted by atomic mass is 9.85. The first kappa shape index (κ1) is 14.9. The Labute approximate surface area is 119 Å². The van der Waals surface area contributed by atoms with Crippen molar-refractivity contribution < 1.29 is 14.6 Å². The fourth-order valence-electron chi connectivity index (χ4n) is 3.09. The van der Waals surface area contributed by atoms with Gasteiger partial charge in [0.2, 0.25) is 0 Å². The molecule has 0 saturated carbocycles. The maximum absolute atomic E-state index is 11.0. The first-order valence-corrected chi connectivity index (χ1v) is 8.09. The van der Waals surface area contributed by atoms with Crippen molar-refractivity contribution in [3.8, 4) is 0 Å². The molecule has 1 atom stereocenters. The summed E-state index contributed by atoms with van der Waals surface area (Å²) < 4.78 is 6.06. The Hall–Kier alpha value is -0.520. The number of carbonyl (C=O) groups is 1. The fourth-order valence-corrected chi connectivity index (χ4v) is 4.32. The van der Waals surface area contributed by atoms with Gasteiger partial charge in [-0.2, -0.15) is 11.8 Å². The van der Waals surface area contributed by atoms with Crippen LogP contribution in [0.4, 0.5) is 0 Å². The third kappa shape index (κ3) is 3.97. The van der Waals surface area contributed by atoms with Crippen molar-refractivity contribution in [1.82, 2.24) is 4.90 Å². The van der Waals surface area contributed by atoms with Crippen LogP contribution in [0.5, 0.6) is 0 Å². The molecule has 0 aliphatic carbocycles. The molecular weight excluding hydrogens is 262 g/mol. The van der Waals surface area contributed by atoms with E-state index in [0.717, 1.165) is 43.8 Å². The molecule has 0 bridgehead atoms. The molecule has 2 aliphatic heterocycles. The number of hydrogen-bond donors (Lipinski definition) is 1. The Morgan fingerprint density at radius 3 is 2.89 bits per heavy atom. The van der Waals surface area contributed by atoms with Gasteiger partial charge >= 0.3 is 5.97 Å². The minimum atomic E-state index is -0.762. The van der Waals surface area contributed by atoms with Gasteiger partial charge in [0.15, 0.2) is 0 Å². The van der Waals surface area contributed by atoms with Crippen molar-refractivity contribution in [2.24, 2.45) is 0 Å². The van der Waals surface area contributed by atoms with Crippen LogP contribution in [0.1, 0.15) is 25.7 Å². The third-order valence-electron chi connectivity index (χ3n) is 4.09. The second-order valence-electron chi connectivity index (χ2n) is 5.40. The van der Waals surface area contributed by atoms with Crippen molar-refractivity contribution in [2.45, 2.75) is 37.3 Å². The molecule has 2 rings (SSSR count). The molecule has 1 unspecified atom stereocenters. The normalized spacial score (nSPS) is 26.5. The lowest BCUT2D eigenvalue weighted by molar-refractivity contribution is -0.142. The molecule has 108 valence electrons. The molecule has 1 N–H and O–H groups in total. The van der Waals surface area contributed by atoms with Gasteiger partial charge in [0.25, 0.3) is 0 Å². The van der Waals surface area contributed by atoms with E-state index in [4.69, 9.17) is 9.84 Å². The average Bonchev–Trinajstić information content (AvgIpc) is 2.39. The van der Waals surface area contributed by atoms with Gasteiger partial charge < -0.3 is 9.84 Å². The predicted molar refractivity (Wildman–Crippen MR) is 77.7 cm³/mol. The van der Waals surface area contributed by atoms with Crippen LogP contribution < -0.4 is 0 Å². The third-order valence-corrected chi connectivity index (χ3v) is 5.07. The van der Waals surface area contributed by atoms with E-state index in [2.05, 4.69) is 6.58 Å². The van der Waals surface area contributed by atoms with Gasteiger partial charge in [0.05, 0.1) is 12.1 Å². The first-order chi connectivity index (χ1) is 9.15. The molecule has 0 aromatic heterocycles. The first-order valence-electron chi connectivity index (χ1n) is 6.94. The van der Waals surface area contributed by atoms with E-state index in [9.17, 15) is 4.79 Å². The summed E-state index contributed by atoms with van der Waals surface area (Å²) >= 11 is 1.99. The topological polar surface area (TPSA) is 49.8 Å². The van der Waals surface area contributed by atoms with E-state index in [1.54, 1.807) is 6.08 Å². The highest BCUT2D eigenvalue weighted by Gasteiger charge is 2.40. The molecule has 19 heavy (non-hydrogen) atoms. The number of nitrogens with zero attached hydrogens (tertiary/aromatic N) is 1. The number of carboxylic acid groups (broad SMARTS) is 1. The highest BCUT2D eigenvalue weighted by Crippen LogP contribution is 2.38. The number of rotatable bonds is 5. The van der Waals surface area contributed by atoms with Crippen LogP contribution in [0.15, 0.2) is 12.7 Å². The standard InChI is InChI=1S/C14H23NO3S/c1-2-6-15(11-13(16)17)12-3-7-18-14(10-12)4-8-19-9-5-14/h2,12H,1,3-11H2,(H,16,17). The average molecular weight is 285 g/mol. The highest BCUT2D eigenvalue weighted by atomic mass is 32.2. The zero-order chi connectivity index (χ0) is 13.7. The fraction of sp³-hybridized carbons (Fsp3) is 0.786. The molecular formula is C14H23NO3S. The largest absolute Gasteiger partial charge is 0.480 e. The molecule has 2 fully saturated rings. The number of carboxylic acids is 1. The van der Waals surface area contributed by atoms with E-state index in [0.29, 0.717) is 12.6 Å². The summed E-state index contributed by atoms with van der Waals surface area (Å²) in [5.41, 5.74) is 0.00604. The van der Waals surface area contributed by atoms with Crippen molar-refractivity contribution in [2.75, 3.05) is 31.2 Å². The molecule has 0 aromatic rings. The van der Waals surface area contributed by atoms with Crippen molar-refractivity contribution in [3.63, 3.8) is 0 Å². The van der Waals surface area contributed by atoms with Crippen LogP contribution in [-0.2, 0) is 9.53 Å². The summed E-state index contributed by atoms with van der Waals surface area (Å²) in [5.74, 6) is 1.56. The van der Waals surface area contributed by atoms with Gasteiger partial charge in [-0.1, -0.05) is 6.08 Å². The molecule has 0 amide bonds. The van der Waals surface area contributed by atoms with E-state index < -0.39 is 5.97 Å². The summed E-state index contributed by atoms with van der Waals surface area (Å²) in [6.07, 6.45) is 5.89. The highest BCUT2D eigenvalue weighted by molar-refractivity contribution is 7.99. The van der Waals surface area contributed by atoms with Gasteiger partial charge in [-0.15, -0.1) is 6.58 Å². The van der Waals surface area contributed by atoms with Crippen LogP contribution in [-0.4, -0.2) is 58.8 Å². The second-order valence-corrected chi connectivity index (χ2v) is 6.63. The molecule has 1 spiro atoms. The van der Waals surface area contributed by atoms with Gasteiger partial charge in [0.1, 0.15) is 0 Å². The zero-order valence-electron chi connectivity index (χ0n) is 11.3. The summed E-state index contributed by atoms with van der Waals surface area (Å²) in [6.45, 7) is 5.23. The molecule has 5 heteroatoms. The lowest BCUT2D eigenvalue weighted by Gasteiger charge is -2.46. The van der Waals surface area contributed by atoms with Gasteiger partial charge in [-0.05, 0) is 37.2 Å². The molecule has 0 radical (unpaired) electrons. The quantitative estimate of drug-likeness (QED) is 0.783. The zero-order valence-corrected chi connectivity index (χ0v) is 12.2. The summed E-state index contributed by atoms with van der Waals surface area (Å²) in [6, 6.07) is 0.311. The van der Waals surface area contributed by atoms with E-state index in [1.807, 2.05) is 16.7 Å². The maximum atomic E-state index is 11.0. The van der Waals surface area contributed by atoms with Crippen LogP contribution >= 0.6 is 11.8 Å². The summed E-state index contributed by atoms with van der Waals surface area (Å²) in [4.78, 5) is 13.0. The minimum Gasteiger partial charge on any atom is -0.480 e. The van der Waals surface area contributed by atoms with Crippen LogP contribution in [0.2, 0.25) is 0 Å². The molecule has 2 saturated heterocycles. The Morgan fingerprint density at radius 1 is 1.53 bits per heavy atom. The number of hydrogen-bond acceptors (Lipinski definition) is 4.